The minimum atomic E-state index is -1.40. The monoisotopic (exact) mass is 291 g/mol. The Labute approximate surface area is 121 Å². The molecule has 0 aliphatic heterocycles. The number of phenolic OH excluding ortho intramolecular Hbond substituents is 1. The van der Waals surface area contributed by atoms with Gasteiger partial charge in [0.25, 0.3) is 0 Å². The van der Waals surface area contributed by atoms with Crippen molar-refractivity contribution in [2.45, 2.75) is 12.5 Å². The lowest BCUT2D eigenvalue weighted by Crippen LogP contribution is -2.40. The number of rotatable bonds is 4. The fourth-order valence-electron chi connectivity index (χ4n) is 1.90. The Balaban J connectivity index is 2.46. The second-order valence-electron chi connectivity index (χ2n) is 4.59. The number of benzene rings is 2. The van der Waals surface area contributed by atoms with Gasteiger partial charge in [0, 0.05) is 0 Å². The summed E-state index contributed by atoms with van der Waals surface area (Å²) in [6.07, 6.45) is 0. The van der Waals surface area contributed by atoms with Gasteiger partial charge in [-0.2, -0.15) is 0 Å². The fourth-order valence-corrected chi connectivity index (χ4v) is 2.08. The van der Waals surface area contributed by atoms with Crippen LogP contribution in [0.5, 0.6) is 5.75 Å². The SMILES string of the molecule is CC(Nc1ccccc1Cl)(C(=O)O)c1cccc(O)c1. The van der Waals surface area contributed by atoms with Gasteiger partial charge in [-0.1, -0.05) is 35.9 Å². The average molecular weight is 292 g/mol. The molecule has 5 heteroatoms. The lowest BCUT2D eigenvalue weighted by atomic mass is 9.91. The molecule has 0 saturated heterocycles. The van der Waals surface area contributed by atoms with E-state index < -0.39 is 11.5 Å². The molecule has 0 heterocycles. The summed E-state index contributed by atoms with van der Waals surface area (Å²) in [4.78, 5) is 11.7. The van der Waals surface area contributed by atoms with Gasteiger partial charge < -0.3 is 15.5 Å². The van der Waals surface area contributed by atoms with Crippen LogP contribution in [0, 0.1) is 0 Å². The molecular formula is C15H14ClNO3. The van der Waals surface area contributed by atoms with Crippen LogP contribution in [0.2, 0.25) is 5.02 Å². The molecule has 0 aliphatic rings. The van der Waals surface area contributed by atoms with Gasteiger partial charge in [0.2, 0.25) is 0 Å². The lowest BCUT2D eigenvalue weighted by Gasteiger charge is -2.28. The molecule has 1 atom stereocenters. The Bertz CT molecular complexity index is 645. The van der Waals surface area contributed by atoms with Gasteiger partial charge in [-0.3, -0.25) is 0 Å². The molecule has 0 bridgehead atoms. The molecule has 0 fully saturated rings. The van der Waals surface area contributed by atoms with Crippen LogP contribution in [0.25, 0.3) is 0 Å². The molecule has 0 saturated carbocycles. The predicted molar refractivity (Wildman–Crippen MR) is 78.2 cm³/mol. The molecule has 2 rings (SSSR count). The van der Waals surface area contributed by atoms with Crippen molar-refractivity contribution in [1.82, 2.24) is 0 Å². The zero-order valence-corrected chi connectivity index (χ0v) is 11.6. The van der Waals surface area contributed by atoms with E-state index in [9.17, 15) is 15.0 Å². The molecule has 2 aromatic rings. The first-order valence-electron chi connectivity index (χ1n) is 5.99. The number of carbonyl (C=O) groups is 1. The van der Waals surface area contributed by atoms with Crippen LogP contribution in [0.4, 0.5) is 5.69 Å². The first kappa shape index (κ1) is 14.2. The smallest absolute Gasteiger partial charge is 0.333 e. The number of aliphatic carboxylic acids is 1. The molecule has 0 radical (unpaired) electrons. The topological polar surface area (TPSA) is 69.6 Å². The zero-order valence-electron chi connectivity index (χ0n) is 10.8. The molecule has 1 unspecified atom stereocenters. The number of aromatic hydroxyl groups is 1. The van der Waals surface area contributed by atoms with E-state index in [2.05, 4.69) is 5.32 Å². The Morgan fingerprint density at radius 2 is 1.90 bits per heavy atom. The van der Waals surface area contributed by atoms with Crippen molar-refractivity contribution in [3.63, 3.8) is 0 Å². The molecule has 4 nitrogen and oxygen atoms in total. The first-order valence-corrected chi connectivity index (χ1v) is 6.37. The van der Waals surface area contributed by atoms with E-state index in [1.807, 2.05) is 0 Å². The highest BCUT2D eigenvalue weighted by molar-refractivity contribution is 6.33. The number of carboxylic acid groups (broad SMARTS) is 1. The summed E-state index contributed by atoms with van der Waals surface area (Å²) in [5.41, 5.74) is -0.448. The Hall–Kier alpha value is -2.20. The Kier molecular flexibility index (Phi) is 3.86. The van der Waals surface area contributed by atoms with Gasteiger partial charge in [-0.15, -0.1) is 0 Å². The largest absolute Gasteiger partial charge is 0.508 e. The third kappa shape index (κ3) is 2.70. The summed E-state index contributed by atoms with van der Waals surface area (Å²) in [6.45, 7) is 1.52. The van der Waals surface area contributed by atoms with E-state index >= 15 is 0 Å². The molecule has 0 spiro atoms. The second-order valence-corrected chi connectivity index (χ2v) is 4.99. The van der Waals surface area contributed by atoms with Crippen LogP contribution in [0.1, 0.15) is 12.5 Å². The number of phenols is 1. The first-order chi connectivity index (χ1) is 9.43. The van der Waals surface area contributed by atoms with Crippen molar-refractivity contribution in [2.24, 2.45) is 0 Å². The van der Waals surface area contributed by atoms with E-state index in [0.717, 1.165) is 0 Å². The van der Waals surface area contributed by atoms with Crippen LogP contribution < -0.4 is 5.32 Å². The van der Waals surface area contributed by atoms with Crippen molar-refractivity contribution < 1.29 is 15.0 Å². The van der Waals surface area contributed by atoms with E-state index in [4.69, 9.17) is 11.6 Å². The average Bonchev–Trinajstić information content (AvgIpc) is 2.41. The standard InChI is InChI=1S/C15H14ClNO3/c1-15(14(19)20,10-5-4-6-11(18)9-10)17-13-8-3-2-7-12(13)16/h2-9,17-18H,1H3,(H,19,20). The third-order valence-electron chi connectivity index (χ3n) is 3.11. The molecule has 3 N–H and O–H groups in total. The summed E-state index contributed by atoms with van der Waals surface area (Å²) < 4.78 is 0. The molecule has 0 aliphatic carbocycles. The van der Waals surface area contributed by atoms with Crippen LogP contribution in [-0.2, 0) is 10.3 Å². The number of hydrogen-bond donors (Lipinski definition) is 3. The third-order valence-corrected chi connectivity index (χ3v) is 3.44. The van der Waals surface area contributed by atoms with E-state index in [1.165, 1.54) is 19.1 Å². The summed E-state index contributed by atoms with van der Waals surface area (Å²) in [5, 5.41) is 22.4. The van der Waals surface area contributed by atoms with Crippen molar-refractivity contribution in [1.29, 1.82) is 0 Å². The molecule has 104 valence electrons. The van der Waals surface area contributed by atoms with Gasteiger partial charge >= 0.3 is 5.97 Å². The van der Waals surface area contributed by atoms with Crippen molar-refractivity contribution in [2.75, 3.05) is 5.32 Å². The summed E-state index contributed by atoms with van der Waals surface area (Å²) in [5.74, 6) is -1.06. The number of anilines is 1. The van der Waals surface area contributed by atoms with Crippen molar-refractivity contribution in [3.8, 4) is 5.75 Å². The maximum absolute atomic E-state index is 11.7. The Morgan fingerprint density at radius 1 is 1.20 bits per heavy atom. The maximum atomic E-state index is 11.7. The van der Waals surface area contributed by atoms with Crippen LogP contribution in [0.3, 0.4) is 0 Å². The maximum Gasteiger partial charge on any atom is 0.333 e. The van der Waals surface area contributed by atoms with Gasteiger partial charge in [0.1, 0.15) is 5.75 Å². The number of nitrogens with one attached hydrogen (secondary N) is 1. The number of carboxylic acids is 1. The van der Waals surface area contributed by atoms with Crippen molar-refractivity contribution >= 4 is 23.3 Å². The zero-order chi connectivity index (χ0) is 14.8. The minimum absolute atomic E-state index is 0.0101. The summed E-state index contributed by atoms with van der Waals surface area (Å²) in [6, 6.07) is 13.0. The van der Waals surface area contributed by atoms with Crippen LogP contribution >= 0.6 is 11.6 Å². The Morgan fingerprint density at radius 3 is 2.50 bits per heavy atom. The molecule has 2 aromatic carbocycles. The van der Waals surface area contributed by atoms with E-state index in [0.29, 0.717) is 16.3 Å². The number of halogens is 1. The highest BCUT2D eigenvalue weighted by Gasteiger charge is 2.35. The normalized spacial score (nSPS) is 13.5. The number of para-hydroxylation sites is 1. The van der Waals surface area contributed by atoms with E-state index in [-0.39, 0.29) is 5.75 Å². The van der Waals surface area contributed by atoms with Gasteiger partial charge in [0.15, 0.2) is 5.54 Å². The molecule has 0 amide bonds. The summed E-state index contributed by atoms with van der Waals surface area (Å²) in [7, 11) is 0. The highest BCUT2D eigenvalue weighted by Crippen LogP contribution is 2.31. The van der Waals surface area contributed by atoms with Crippen molar-refractivity contribution in [3.05, 3.63) is 59.1 Å². The van der Waals surface area contributed by atoms with Crippen LogP contribution in [0.15, 0.2) is 48.5 Å². The van der Waals surface area contributed by atoms with Gasteiger partial charge in [-0.05, 0) is 36.8 Å². The van der Waals surface area contributed by atoms with Gasteiger partial charge in [-0.25, -0.2) is 4.79 Å². The quantitative estimate of drug-likeness (QED) is 0.807. The number of hydrogen-bond acceptors (Lipinski definition) is 3. The van der Waals surface area contributed by atoms with E-state index in [1.54, 1.807) is 36.4 Å². The highest BCUT2D eigenvalue weighted by atomic mass is 35.5. The van der Waals surface area contributed by atoms with Gasteiger partial charge in [0.05, 0.1) is 10.7 Å². The summed E-state index contributed by atoms with van der Waals surface area (Å²) >= 11 is 6.05. The second kappa shape index (κ2) is 5.43. The fraction of sp³-hybridized carbons (Fsp3) is 0.133. The van der Waals surface area contributed by atoms with Crippen LogP contribution in [-0.4, -0.2) is 16.2 Å². The molecule has 20 heavy (non-hydrogen) atoms. The lowest BCUT2D eigenvalue weighted by molar-refractivity contribution is -0.142. The molecule has 0 aromatic heterocycles. The predicted octanol–water partition coefficient (Wildman–Crippen LogP) is 3.46. The minimum Gasteiger partial charge on any atom is -0.508 e. The molecular weight excluding hydrogens is 278 g/mol.